The molecule has 1 aromatic carbocycles. The quantitative estimate of drug-likeness (QED) is 0.485. The van der Waals surface area contributed by atoms with Crippen LogP contribution in [-0.4, -0.2) is 23.6 Å². The van der Waals surface area contributed by atoms with Crippen molar-refractivity contribution in [3.05, 3.63) is 63.9 Å². The molecule has 0 radical (unpaired) electrons. The Kier molecular flexibility index (Phi) is 5.28. The highest BCUT2D eigenvalue weighted by molar-refractivity contribution is 5.56. The molecule has 1 heterocycles. The molecule has 0 amide bonds. The summed E-state index contributed by atoms with van der Waals surface area (Å²) in [6.45, 7) is 1.04. The fraction of sp³-hybridized carbons (Fsp3) is 0.536. The first-order valence-corrected chi connectivity index (χ1v) is 12.6. The molecular formula is C28H29F3N2O. The van der Waals surface area contributed by atoms with Gasteiger partial charge < -0.3 is 9.64 Å². The first kappa shape index (κ1) is 21.8. The molecule has 0 bridgehead atoms. The summed E-state index contributed by atoms with van der Waals surface area (Å²) < 4.78 is 46.0. The number of halogens is 3. The molecule has 3 saturated carbocycles. The number of ether oxygens (including phenoxy) is 1. The third kappa shape index (κ3) is 3.74. The van der Waals surface area contributed by atoms with Crippen molar-refractivity contribution in [2.75, 3.05) is 6.54 Å². The lowest BCUT2D eigenvalue weighted by Crippen LogP contribution is -2.32. The van der Waals surface area contributed by atoms with E-state index >= 15 is 0 Å². The van der Waals surface area contributed by atoms with Crippen LogP contribution in [0.25, 0.3) is 0 Å². The molecule has 178 valence electrons. The Morgan fingerprint density at radius 1 is 1.00 bits per heavy atom. The van der Waals surface area contributed by atoms with Gasteiger partial charge in [-0.1, -0.05) is 12.2 Å². The van der Waals surface area contributed by atoms with E-state index in [1.807, 2.05) is 0 Å². The van der Waals surface area contributed by atoms with E-state index in [9.17, 15) is 13.2 Å². The Hall–Kier alpha value is -2.68. The zero-order chi connectivity index (χ0) is 23.4. The van der Waals surface area contributed by atoms with Crippen LogP contribution in [0.15, 0.2) is 52.8 Å². The maximum Gasteiger partial charge on any atom is 0.417 e. The van der Waals surface area contributed by atoms with Gasteiger partial charge in [0.2, 0.25) is 0 Å². The van der Waals surface area contributed by atoms with Crippen molar-refractivity contribution in [3.8, 4) is 11.8 Å². The van der Waals surface area contributed by atoms with Crippen molar-refractivity contribution in [2.45, 2.75) is 76.1 Å². The van der Waals surface area contributed by atoms with E-state index in [0.717, 1.165) is 51.1 Å². The van der Waals surface area contributed by atoms with Crippen LogP contribution in [0.5, 0.6) is 5.75 Å². The smallest absolute Gasteiger partial charge is 0.417 e. The molecule has 2 atom stereocenters. The van der Waals surface area contributed by atoms with E-state index in [2.05, 4.69) is 17.1 Å². The number of fused-ring (bicyclic) bond motifs is 2. The van der Waals surface area contributed by atoms with E-state index < -0.39 is 11.7 Å². The molecule has 4 aliphatic carbocycles. The van der Waals surface area contributed by atoms with E-state index in [1.165, 1.54) is 48.2 Å². The van der Waals surface area contributed by atoms with Gasteiger partial charge in [-0.15, -0.1) is 0 Å². The first-order chi connectivity index (χ1) is 16.4. The molecule has 0 spiro atoms. The minimum Gasteiger partial charge on any atom is -0.490 e. The number of alkyl halides is 3. The van der Waals surface area contributed by atoms with Gasteiger partial charge in [-0.05, 0) is 105 Å². The van der Waals surface area contributed by atoms with Gasteiger partial charge in [-0.25, -0.2) is 0 Å². The number of nitriles is 1. The van der Waals surface area contributed by atoms with Crippen molar-refractivity contribution in [2.24, 2.45) is 11.8 Å². The van der Waals surface area contributed by atoms with E-state index in [-0.39, 0.29) is 17.4 Å². The van der Waals surface area contributed by atoms with Crippen LogP contribution in [0.2, 0.25) is 0 Å². The summed E-state index contributed by atoms with van der Waals surface area (Å²) in [4.78, 5) is 2.70. The third-order valence-corrected chi connectivity index (χ3v) is 8.53. The van der Waals surface area contributed by atoms with Crippen molar-refractivity contribution < 1.29 is 17.9 Å². The predicted octanol–water partition coefficient (Wildman–Crippen LogP) is 6.91. The van der Waals surface area contributed by atoms with Crippen LogP contribution in [0.4, 0.5) is 13.2 Å². The standard InChI is InChI=1S/C28H29F3N2O/c29-28(30,31)26-14-23(9-8-18(26)15-32)34-24-12-20-10-22(11-21(20)13-24)33-16-19-4-1-2-7-25(19)27(33)17-5-3-6-17/h4,7-9,14,20-22,24H,1-3,5-6,10-13,16H2. The van der Waals surface area contributed by atoms with Gasteiger partial charge in [0.15, 0.2) is 0 Å². The molecular weight excluding hydrogens is 437 g/mol. The largest absolute Gasteiger partial charge is 0.490 e. The second-order valence-corrected chi connectivity index (χ2v) is 10.5. The van der Waals surface area contributed by atoms with Crippen LogP contribution >= 0.6 is 0 Å². The molecule has 34 heavy (non-hydrogen) atoms. The van der Waals surface area contributed by atoms with Crippen molar-refractivity contribution >= 4 is 0 Å². The van der Waals surface area contributed by atoms with E-state index in [0.29, 0.717) is 17.9 Å². The molecule has 1 aliphatic heterocycles. The van der Waals surface area contributed by atoms with Gasteiger partial charge in [0.1, 0.15) is 5.75 Å². The molecule has 4 fully saturated rings. The lowest BCUT2D eigenvalue weighted by molar-refractivity contribution is -0.137. The summed E-state index contributed by atoms with van der Waals surface area (Å²) in [5, 5.41) is 9.02. The minimum absolute atomic E-state index is 0.0546. The fourth-order valence-electron chi connectivity index (χ4n) is 6.84. The third-order valence-electron chi connectivity index (χ3n) is 8.53. The van der Waals surface area contributed by atoms with Crippen molar-refractivity contribution in [1.82, 2.24) is 4.90 Å². The number of allylic oxidation sites excluding steroid dienone is 4. The average molecular weight is 467 g/mol. The van der Waals surface area contributed by atoms with Gasteiger partial charge in [-0.2, -0.15) is 18.4 Å². The average Bonchev–Trinajstić information content (AvgIpc) is 3.44. The van der Waals surface area contributed by atoms with Gasteiger partial charge in [0, 0.05) is 18.3 Å². The fourth-order valence-corrected chi connectivity index (χ4v) is 6.84. The molecule has 6 heteroatoms. The number of likely N-dealkylation sites (tertiary alicyclic amines) is 1. The van der Waals surface area contributed by atoms with E-state index in [1.54, 1.807) is 11.6 Å². The number of rotatable bonds is 3. The number of nitrogens with zero attached hydrogens (tertiary/aromatic N) is 2. The molecule has 1 aromatic rings. The van der Waals surface area contributed by atoms with Crippen LogP contribution in [0.3, 0.4) is 0 Å². The summed E-state index contributed by atoms with van der Waals surface area (Å²) in [6, 6.07) is 5.89. The molecule has 5 aliphatic rings. The second-order valence-electron chi connectivity index (χ2n) is 10.5. The highest BCUT2D eigenvalue weighted by Crippen LogP contribution is 2.51. The Balaban J connectivity index is 1.14. The zero-order valence-corrected chi connectivity index (χ0v) is 19.2. The predicted molar refractivity (Wildman–Crippen MR) is 123 cm³/mol. The van der Waals surface area contributed by atoms with Gasteiger partial charge in [0.05, 0.1) is 23.3 Å². The van der Waals surface area contributed by atoms with Gasteiger partial charge >= 0.3 is 6.18 Å². The zero-order valence-electron chi connectivity index (χ0n) is 19.2. The van der Waals surface area contributed by atoms with Gasteiger partial charge in [-0.3, -0.25) is 0 Å². The SMILES string of the molecule is N#Cc1ccc(OC2CC3CC(N4CC5=CCCC=C5C4=C4CCC4)CC3C2)cc1C(F)(F)F. The van der Waals surface area contributed by atoms with E-state index in [4.69, 9.17) is 10.00 Å². The maximum absolute atomic E-state index is 13.3. The van der Waals surface area contributed by atoms with Crippen molar-refractivity contribution in [1.29, 1.82) is 5.26 Å². The number of hydrogen-bond donors (Lipinski definition) is 0. The van der Waals surface area contributed by atoms with Crippen LogP contribution in [0.1, 0.15) is 68.9 Å². The molecule has 0 aromatic heterocycles. The molecule has 2 unspecified atom stereocenters. The summed E-state index contributed by atoms with van der Waals surface area (Å²) in [5.41, 5.74) is 4.91. The summed E-state index contributed by atoms with van der Waals surface area (Å²) in [6.07, 6.45) is 10.4. The Labute approximate surface area is 198 Å². The Morgan fingerprint density at radius 2 is 1.74 bits per heavy atom. The minimum atomic E-state index is -4.56. The summed E-state index contributed by atoms with van der Waals surface area (Å²) in [7, 11) is 0. The summed E-state index contributed by atoms with van der Waals surface area (Å²) >= 11 is 0. The molecule has 0 N–H and O–H groups in total. The number of hydrogen-bond acceptors (Lipinski definition) is 3. The lowest BCUT2D eigenvalue weighted by atomic mass is 9.86. The monoisotopic (exact) mass is 466 g/mol. The highest BCUT2D eigenvalue weighted by Gasteiger charge is 2.47. The molecule has 1 saturated heterocycles. The van der Waals surface area contributed by atoms with Crippen molar-refractivity contribution in [3.63, 3.8) is 0 Å². The highest BCUT2D eigenvalue weighted by atomic mass is 19.4. The topological polar surface area (TPSA) is 36.3 Å². The van der Waals surface area contributed by atoms with Crippen LogP contribution in [-0.2, 0) is 6.18 Å². The summed E-state index contributed by atoms with van der Waals surface area (Å²) in [5.74, 6) is 1.34. The lowest BCUT2D eigenvalue weighted by Gasteiger charge is -2.33. The van der Waals surface area contributed by atoms with Gasteiger partial charge in [0.25, 0.3) is 0 Å². The number of benzene rings is 1. The maximum atomic E-state index is 13.3. The Bertz CT molecular complexity index is 1120. The van der Waals surface area contributed by atoms with Crippen LogP contribution < -0.4 is 4.74 Å². The van der Waals surface area contributed by atoms with Crippen LogP contribution in [0, 0.1) is 23.2 Å². The normalized spacial score (nSPS) is 30.4. The first-order valence-electron chi connectivity index (χ1n) is 12.6. The molecule has 6 rings (SSSR count). The Morgan fingerprint density at radius 3 is 2.38 bits per heavy atom. The molecule has 3 nitrogen and oxygen atoms in total. The second kappa shape index (κ2) is 8.22.